The molecule has 3 aromatic rings. The van der Waals surface area contributed by atoms with Crippen LogP contribution in [0.3, 0.4) is 0 Å². The molecular formula is C20H21BrN4O2S. The zero-order valence-corrected chi connectivity index (χ0v) is 17.7. The van der Waals surface area contributed by atoms with E-state index >= 15 is 0 Å². The Morgan fingerprint density at radius 1 is 1.18 bits per heavy atom. The first-order valence-corrected chi connectivity index (χ1v) is 11.1. The highest BCUT2D eigenvalue weighted by Gasteiger charge is 2.20. The molecule has 1 aromatic carbocycles. The van der Waals surface area contributed by atoms with Crippen molar-refractivity contribution in [3.05, 3.63) is 52.7 Å². The Labute approximate surface area is 176 Å². The van der Waals surface area contributed by atoms with E-state index < -0.39 is 0 Å². The van der Waals surface area contributed by atoms with E-state index in [4.69, 9.17) is 4.42 Å². The van der Waals surface area contributed by atoms with Crippen LogP contribution in [0.1, 0.15) is 31.2 Å². The van der Waals surface area contributed by atoms with Gasteiger partial charge in [-0.2, -0.15) is 0 Å². The number of amides is 1. The van der Waals surface area contributed by atoms with E-state index in [0.29, 0.717) is 39.8 Å². The molecular weight excluding hydrogens is 440 g/mol. The van der Waals surface area contributed by atoms with E-state index in [1.807, 2.05) is 34.9 Å². The maximum Gasteiger partial charge on any atom is 0.230 e. The summed E-state index contributed by atoms with van der Waals surface area (Å²) in [6.07, 6.45) is 4.56. The third-order valence-corrected chi connectivity index (χ3v) is 6.14. The second-order valence-electron chi connectivity index (χ2n) is 6.82. The lowest BCUT2D eigenvalue weighted by molar-refractivity contribution is -0.119. The van der Waals surface area contributed by atoms with E-state index in [1.165, 1.54) is 24.6 Å². The molecule has 1 amide bonds. The maximum absolute atomic E-state index is 12.3. The Kier molecular flexibility index (Phi) is 6.17. The number of benzene rings is 1. The summed E-state index contributed by atoms with van der Waals surface area (Å²) >= 11 is 4.74. The van der Waals surface area contributed by atoms with Crippen molar-refractivity contribution in [2.75, 3.05) is 5.75 Å². The number of furan rings is 1. The number of carbonyl (C=O) groups is 1. The van der Waals surface area contributed by atoms with Crippen molar-refractivity contribution in [1.29, 1.82) is 0 Å². The third kappa shape index (κ3) is 4.67. The molecule has 0 spiro atoms. The monoisotopic (exact) mass is 460 g/mol. The van der Waals surface area contributed by atoms with Gasteiger partial charge in [0.1, 0.15) is 0 Å². The molecule has 8 heteroatoms. The molecule has 1 saturated carbocycles. The highest BCUT2D eigenvalue weighted by atomic mass is 79.9. The molecule has 0 atom stereocenters. The summed E-state index contributed by atoms with van der Waals surface area (Å²) in [5.74, 6) is 1.66. The predicted molar refractivity (Wildman–Crippen MR) is 112 cm³/mol. The fraction of sp³-hybridized carbons (Fsp3) is 0.350. The number of nitrogens with zero attached hydrogens (tertiary/aromatic N) is 3. The van der Waals surface area contributed by atoms with Gasteiger partial charge in [0.15, 0.2) is 15.6 Å². The summed E-state index contributed by atoms with van der Waals surface area (Å²) in [5.41, 5.74) is 1.13. The molecule has 0 bridgehead atoms. The summed E-state index contributed by atoms with van der Waals surface area (Å²) in [6, 6.07) is 14.1. The van der Waals surface area contributed by atoms with Crippen LogP contribution in [0.15, 0.2) is 56.7 Å². The number of hydrogen-bond acceptors (Lipinski definition) is 5. The van der Waals surface area contributed by atoms with Crippen LogP contribution in [-0.4, -0.2) is 32.5 Å². The zero-order chi connectivity index (χ0) is 19.3. The highest BCUT2D eigenvalue weighted by molar-refractivity contribution is 9.10. The van der Waals surface area contributed by atoms with Crippen molar-refractivity contribution >= 4 is 33.6 Å². The topological polar surface area (TPSA) is 73.0 Å². The molecule has 0 radical (unpaired) electrons. The van der Waals surface area contributed by atoms with Crippen molar-refractivity contribution in [3.63, 3.8) is 0 Å². The molecule has 28 heavy (non-hydrogen) atoms. The Hall–Kier alpha value is -2.06. The first-order valence-electron chi connectivity index (χ1n) is 9.34. The third-order valence-electron chi connectivity index (χ3n) is 4.75. The number of carbonyl (C=O) groups excluding carboxylic acids is 1. The van der Waals surface area contributed by atoms with E-state index in [2.05, 4.69) is 43.6 Å². The first-order chi connectivity index (χ1) is 13.7. The molecule has 6 nitrogen and oxygen atoms in total. The van der Waals surface area contributed by atoms with Gasteiger partial charge in [0.05, 0.1) is 12.3 Å². The molecule has 1 fully saturated rings. The van der Waals surface area contributed by atoms with Crippen molar-refractivity contribution in [2.24, 2.45) is 0 Å². The molecule has 0 unspecified atom stereocenters. The van der Waals surface area contributed by atoms with Crippen LogP contribution in [-0.2, 0) is 11.3 Å². The molecule has 4 rings (SSSR count). The Bertz CT molecular complexity index is 935. The van der Waals surface area contributed by atoms with Gasteiger partial charge in [-0.15, -0.1) is 10.2 Å². The lowest BCUT2D eigenvalue weighted by Gasteiger charge is -2.12. The maximum atomic E-state index is 12.3. The number of aromatic nitrogens is 3. The Morgan fingerprint density at radius 2 is 1.96 bits per heavy atom. The van der Waals surface area contributed by atoms with Gasteiger partial charge in [-0.05, 0) is 46.5 Å². The van der Waals surface area contributed by atoms with Gasteiger partial charge in [0, 0.05) is 6.04 Å². The molecule has 2 aromatic heterocycles. The number of thioether (sulfide) groups is 1. The van der Waals surface area contributed by atoms with Crippen molar-refractivity contribution in [2.45, 2.75) is 43.4 Å². The van der Waals surface area contributed by atoms with Crippen LogP contribution in [0, 0.1) is 0 Å². The van der Waals surface area contributed by atoms with Crippen LogP contribution in [0.2, 0.25) is 0 Å². The molecule has 1 aliphatic rings. The van der Waals surface area contributed by atoms with E-state index in [0.717, 1.165) is 18.4 Å². The normalized spacial score (nSPS) is 14.5. The van der Waals surface area contributed by atoms with Crippen molar-refractivity contribution < 1.29 is 9.21 Å². The SMILES string of the molecule is O=C(CSc1nnc(-c2ccc(Br)o2)n1Cc1ccccc1)NC1CCCC1. The summed E-state index contributed by atoms with van der Waals surface area (Å²) in [4.78, 5) is 12.3. The number of halogens is 1. The van der Waals surface area contributed by atoms with Crippen LogP contribution >= 0.6 is 27.7 Å². The van der Waals surface area contributed by atoms with Gasteiger partial charge >= 0.3 is 0 Å². The van der Waals surface area contributed by atoms with Gasteiger partial charge in [0.2, 0.25) is 11.7 Å². The molecule has 2 heterocycles. The molecule has 0 saturated heterocycles. The minimum atomic E-state index is 0.0495. The fourth-order valence-corrected chi connectivity index (χ4v) is 4.45. The standard InChI is InChI=1S/C20H21BrN4O2S/c21-17-11-10-16(27-17)19-23-24-20(25(19)12-14-6-2-1-3-7-14)28-13-18(26)22-15-8-4-5-9-15/h1-3,6-7,10-11,15H,4-5,8-9,12-13H2,(H,22,26). The Morgan fingerprint density at radius 3 is 2.68 bits per heavy atom. The quantitative estimate of drug-likeness (QED) is 0.525. The van der Waals surface area contributed by atoms with Crippen LogP contribution in [0.5, 0.6) is 0 Å². The fourth-order valence-electron chi connectivity index (χ4n) is 3.39. The zero-order valence-electron chi connectivity index (χ0n) is 15.3. The van der Waals surface area contributed by atoms with Crippen LogP contribution < -0.4 is 5.32 Å². The second kappa shape index (κ2) is 8.96. The average Bonchev–Trinajstić information content (AvgIpc) is 3.43. The highest BCUT2D eigenvalue weighted by Crippen LogP contribution is 2.28. The minimum Gasteiger partial charge on any atom is -0.446 e. The van der Waals surface area contributed by atoms with E-state index in [9.17, 15) is 4.79 Å². The smallest absolute Gasteiger partial charge is 0.230 e. The minimum absolute atomic E-state index is 0.0495. The summed E-state index contributed by atoms with van der Waals surface area (Å²) in [6.45, 7) is 0.605. The van der Waals surface area contributed by atoms with Crippen molar-refractivity contribution in [3.8, 4) is 11.6 Å². The lowest BCUT2D eigenvalue weighted by Crippen LogP contribution is -2.33. The molecule has 146 valence electrons. The lowest BCUT2D eigenvalue weighted by atomic mass is 10.2. The molecule has 0 aliphatic heterocycles. The van der Waals surface area contributed by atoms with Gasteiger partial charge in [0.25, 0.3) is 0 Å². The first kappa shape index (κ1) is 19.3. The van der Waals surface area contributed by atoms with Gasteiger partial charge < -0.3 is 9.73 Å². The number of rotatable bonds is 7. The van der Waals surface area contributed by atoms with Crippen LogP contribution in [0.25, 0.3) is 11.6 Å². The summed E-state index contributed by atoms with van der Waals surface area (Å²) < 4.78 is 8.32. The van der Waals surface area contributed by atoms with E-state index in [1.54, 1.807) is 0 Å². The predicted octanol–water partition coefficient (Wildman–Crippen LogP) is 4.50. The average molecular weight is 461 g/mol. The summed E-state index contributed by atoms with van der Waals surface area (Å²) in [7, 11) is 0. The largest absolute Gasteiger partial charge is 0.446 e. The van der Waals surface area contributed by atoms with Crippen molar-refractivity contribution in [1.82, 2.24) is 20.1 Å². The Balaban J connectivity index is 1.52. The van der Waals surface area contributed by atoms with Gasteiger partial charge in [-0.25, -0.2) is 0 Å². The van der Waals surface area contributed by atoms with Crippen LogP contribution in [0.4, 0.5) is 0 Å². The molecule has 1 N–H and O–H groups in total. The van der Waals surface area contributed by atoms with Gasteiger partial charge in [-0.3, -0.25) is 9.36 Å². The number of nitrogens with one attached hydrogen (secondary N) is 1. The van der Waals surface area contributed by atoms with E-state index in [-0.39, 0.29) is 5.91 Å². The molecule has 1 aliphatic carbocycles. The summed E-state index contributed by atoms with van der Waals surface area (Å²) in [5, 5.41) is 12.5. The number of hydrogen-bond donors (Lipinski definition) is 1. The van der Waals surface area contributed by atoms with Gasteiger partial charge in [-0.1, -0.05) is 54.9 Å². The second-order valence-corrected chi connectivity index (χ2v) is 8.54.